The van der Waals surface area contributed by atoms with Crippen LogP contribution in [0.15, 0.2) is 18.2 Å². The Kier molecular flexibility index (Phi) is 6.74. The van der Waals surface area contributed by atoms with Gasteiger partial charge in [-0.05, 0) is 94.3 Å². The molecular weight excluding hydrogens is 312 g/mol. The lowest BCUT2D eigenvalue weighted by Crippen LogP contribution is -2.39. The van der Waals surface area contributed by atoms with Gasteiger partial charge in [0.15, 0.2) is 6.10 Å². The molecule has 4 nitrogen and oxygen atoms in total. The molecule has 0 aromatic heterocycles. The Morgan fingerprint density at radius 1 is 1.16 bits per heavy atom. The Labute approximate surface area is 151 Å². The van der Waals surface area contributed by atoms with E-state index in [-0.39, 0.29) is 5.91 Å². The first-order valence-corrected chi connectivity index (χ1v) is 10.0. The Hall–Kier alpha value is -1.55. The van der Waals surface area contributed by atoms with Crippen molar-refractivity contribution in [1.29, 1.82) is 0 Å². The van der Waals surface area contributed by atoms with Crippen molar-refractivity contribution in [1.82, 2.24) is 10.2 Å². The minimum atomic E-state index is -0.395. The molecule has 138 valence electrons. The number of amides is 1. The summed E-state index contributed by atoms with van der Waals surface area (Å²) in [4.78, 5) is 14.9. The topological polar surface area (TPSA) is 41.6 Å². The largest absolute Gasteiger partial charge is 0.481 e. The van der Waals surface area contributed by atoms with E-state index in [0.29, 0.717) is 6.42 Å². The molecule has 1 N–H and O–H groups in total. The minimum Gasteiger partial charge on any atom is -0.481 e. The van der Waals surface area contributed by atoms with Crippen LogP contribution in [0.4, 0.5) is 0 Å². The Bertz CT molecular complexity index is 567. The molecule has 0 radical (unpaired) electrons. The molecule has 1 heterocycles. The number of ether oxygens (including phenoxy) is 1. The van der Waals surface area contributed by atoms with Crippen molar-refractivity contribution in [3.8, 4) is 5.75 Å². The summed E-state index contributed by atoms with van der Waals surface area (Å²) in [5, 5.41) is 3.05. The van der Waals surface area contributed by atoms with Gasteiger partial charge in [-0.2, -0.15) is 0 Å². The second kappa shape index (κ2) is 9.23. The van der Waals surface area contributed by atoms with Gasteiger partial charge in [0, 0.05) is 6.54 Å². The van der Waals surface area contributed by atoms with Crippen LogP contribution in [-0.4, -0.2) is 43.1 Å². The molecule has 1 aromatic carbocycles. The summed E-state index contributed by atoms with van der Waals surface area (Å²) in [5.41, 5.74) is 2.84. The molecule has 1 aliphatic carbocycles. The van der Waals surface area contributed by atoms with Gasteiger partial charge in [0.2, 0.25) is 0 Å². The molecule has 1 unspecified atom stereocenters. The van der Waals surface area contributed by atoms with Crippen molar-refractivity contribution in [3.05, 3.63) is 29.3 Å². The van der Waals surface area contributed by atoms with E-state index in [0.717, 1.165) is 31.7 Å². The highest BCUT2D eigenvalue weighted by Crippen LogP contribution is 2.26. The number of nitrogens with one attached hydrogen (secondary N) is 1. The third-order valence-electron chi connectivity index (χ3n) is 5.41. The Morgan fingerprint density at radius 2 is 1.92 bits per heavy atom. The molecule has 4 heteroatoms. The summed E-state index contributed by atoms with van der Waals surface area (Å²) in [5.74, 6) is 0.848. The van der Waals surface area contributed by atoms with Gasteiger partial charge in [-0.25, -0.2) is 0 Å². The molecular formula is C21H32N2O2. The van der Waals surface area contributed by atoms with Crippen LogP contribution in [0.2, 0.25) is 0 Å². The molecule has 25 heavy (non-hydrogen) atoms. The predicted octanol–water partition coefficient (Wildman–Crippen LogP) is 3.32. The normalized spacial score (nSPS) is 18.6. The molecule has 0 bridgehead atoms. The quantitative estimate of drug-likeness (QED) is 0.736. The van der Waals surface area contributed by atoms with Crippen LogP contribution in [0.5, 0.6) is 5.75 Å². The number of carbonyl (C=O) groups excluding carboxylic acids is 1. The van der Waals surface area contributed by atoms with E-state index in [1.54, 1.807) is 0 Å². The number of hydrogen-bond acceptors (Lipinski definition) is 3. The van der Waals surface area contributed by atoms with E-state index < -0.39 is 6.10 Å². The van der Waals surface area contributed by atoms with E-state index in [2.05, 4.69) is 22.3 Å². The fourth-order valence-corrected chi connectivity index (χ4v) is 3.90. The molecule has 1 fully saturated rings. The molecule has 1 amide bonds. The van der Waals surface area contributed by atoms with Gasteiger partial charge < -0.3 is 15.0 Å². The first kappa shape index (κ1) is 18.2. The maximum absolute atomic E-state index is 12.4. The van der Waals surface area contributed by atoms with Gasteiger partial charge >= 0.3 is 0 Å². The second-order valence-electron chi connectivity index (χ2n) is 7.35. The highest BCUT2D eigenvalue weighted by atomic mass is 16.5. The van der Waals surface area contributed by atoms with Crippen molar-refractivity contribution < 1.29 is 9.53 Å². The zero-order valence-corrected chi connectivity index (χ0v) is 15.6. The smallest absolute Gasteiger partial charge is 0.261 e. The fraction of sp³-hybridized carbons (Fsp3) is 0.667. The number of benzene rings is 1. The summed E-state index contributed by atoms with van der Waals surface area (Å²) in [7, 11) is 0. The fourth-order valence-electron chi connectivity index (χ4n) is 3.90. The van der Waals surface area contributed by atoms with Crippen molar-refractivity contribution in [2.24, 2.45) is 0 Å². The van der Waals surface area contributed by atoms with E-state index in [1.165, 1.54) is 56.3 Å². The molecule has 1 aliphatic heterocycles. The maximum atomic E-state index is 12.4. The van der Waals surface area contributed by atoms with Gasteiger partial charge in [0.05, 0.1) is 0 Å². The van der Waals surface area contributed by atoms with Crippen LogP contribution in [0.1, 0.15) is 56.6 Å². The van der Waals surface area contributed by atoms with Crippen LogP contribution in [0, 0.1) is 0 Å². The molecule has 3 rings (SSSR count). The summed E-state index contributed by atoms with van der Waals surface area (Å²) >= 11 is 0. The maximum Gasteiger partial charge on any atom is 0.261 e. The zero-order chi connectivity index (χ0) is 17.5. The van der Waals surface area contributed by atoms with Crippen molar-refractivity contribution in [2.75, 3.05) is 26.2 Å². The molecule has 0 saturated carbocycles. The van der Waals surface area contributed by atoms with Crippen LogP contribution in [0.25, 0.3) is 0 Å². The first-order chi connectivity index (χ1) is 12.3. The highest BCUT2D eigenvalue weighted by molar-refractivity contribution is 5.81. The summed E-state index contributed by atoms with van der Waals surface area (Å²) in [6, 6.07) is 6.33. The molecule has 1 atom stereocenters. The number of rotatable bonds is 8. The van der Waals surface area contributed by atoms with Crippen LogP contribution < -0.4 is 10.1 Å². The van der Waals surface area contributed by atoms with Gasteiger partial charge in [-0.1, -0.05) is 13.0 Å². The highest BCUT2D eigenvalue weighted by Gasteiger charge is 2.19. The molecule has 0 spiro atoms. The van der Waals surface area contributed by atoms with E-state index in [4.69, 9.17) is 4.74 Å². The van der Waals surface area contributed by atoms with Gasteiger partial charge in [0.1, 0.15) is 5.75 Å². The van der Waals surface area contributed by atoms with Crippen molar-refractivity contribution in [3.63, 3.8) is 0 Å². The monoisotopic (exact) mass is 344 g/mol. The number of fused-ring (bicyclic) bond motifs is 1. The third-order valence-corrected chi connectivity index (χ3v) is 5.41. The van der Waals surface area contributed by atoms with Crippen LogP contribution in [-0.2, 0) is 17.6 Å². The standard InChI is InChI=1S/C21H32N2O2/c1-2-20(21(24)22-12-7-15-23-13-5-6-14-23)25-19-11-10-17-8-3-4-9-18(17)16-19/h10-11,16,20H,2-9,12-15H2,1H3,(H,22,24). The first-order valence-electron chi connectivity index (χ1n) is 10.0. The van der Waals surface area contributed by atoms with Crippen molar-refractivity contribution >= 4 is 5.91 Å². The van der Waals surface area contributed by atoms with E-state index in [1.807, 2.05) is 13.0 Å². The minimum absolute atomic E-state index is 0.0154. The van der Waals surface area contributed by atoms with E-state index in [9.17, 15) is 4.79 Å². The number of likely N-dealkylation sites (tertiary alicyclic amines) is 1. The molecule has 2 aliphatic rings. The van der Waals surface area contributed by atoms with Gasteiger partial charge in [-0.15, -0.1) is 0 Å². The zero-order valence-electron chi connectivity index (χ0n) is 15.6. The molecule has 1 aromatic rings. The van der Waals surface area contributed by atoms with Crippen molar-refractivity contribution in [2.45, 2.75) is 64.4 Å². The summed E-state index contributed by atoms with van der Waals surface area (Å²) < 4.78 is 6.00. The van der Waals surface area contributed by atoms with Crippen LogP contribution >= 0.6 is 0 Å². The number of hydrogen-bond donors (Lipinski definition) is 1. The predicted molar refractivity (Wildman–Crippen MR) is 101 cm³/mol. The van der Waals surface area contributed by atoms with Gasteiger partial charge in [-0.3, -0.25) is 4.79 Å². The number of nitrogens with zero attached hydrogens (tertiary/aromatic N) is 1. The average molecular weight is 344 g/mol. The average Bonchev–Trinajstić information content (AvgIpc) is 3.16. The lowest BCUT2D eigenvalue weighted by Gasteiger charge is -2.21. The third kappa shape index (κ3) is 5.21. The summed E-state index contributed by atoms with van der Waals surface area (Å²) in [6.45, 7) is 6.26. The second-order valence-corrected chi connectivity index (χ2v) is 7.35. The Morgan fingerprint density at radius 3 is 2.68 bits per heavy atom. The van der Waals surface area contributed by atoms with Crippen LogP contribution in [0.3, 0.4) is 0 Å². The lowest BCUT2D eigenvalue weighted by molar-refractivity contribution is -0.128. The molecule has 1 saturated heterocycles. The number of carbonyl (C=O) groups is 1. The number of aryl methyl sites for hydroxylation is 2. The van der Waals surface area contributed by atoms with Gasteiger partial charge in [0.25, 0.3) is 5.91 Å². The Balaban J connectivity index is 1.45. The SMILES string of the molecule is CCC(Oc1ccc2c(c1)CCCC2)C(=O)NCCCN1CCCC1. The van der Waals surface area contributed by atoms with E-state index >= 15 is 0 Å². The lowest BCUT2D eigenvalue weighted by atomic mass is 9.92. The summed E-state index contributed by atoms with van der Waals surface area (Å²) in [6.07, 6.45) is 8.79.